The molecule has 2 aromatic rings. The number of nitrogen functional groups attached to an aromatic ring is 1. The van der Waals surface area contributed by atoms with Gasteiger partial charge in [0.15, 0.2) is 5.82 Å². The molecular formula is C17H16F4N4O2. The van der Waals surface area contributed by atoms with Crippen LogP contribution in [0.5, 0.6) is 0 Å². The smallest absolute Gasteiger partial charge is 0.433 e. The first-order valence-electron chi connectivity index (χ1n) is 8.05. The Morgan fingerprint density at radius 3 is 2.52 bits per heavy atom. The lowest BCUT2D eigenvalue weighted by molar-refractivity contribution is -0.141. The van der Waals surface area contributed by atoms with Crippen LogP contribution in [-0.2, 0) is 17.5 Å². The molecule has 0 saturated heterocycles. The maximum atomic E-state index is 14.4. The van der Waals surface area contributed by atoms with Gasteiger partial charge in [0.1, 0.15) is 11.8 Å². The number of hydrogen-bond donors (Lipinski definition) is 3. The lowest BCUT2D eigenvalue weighted by Gasteiger charge is -2.13. The van der Waals surface area contributed by atoms with Crippen LogP contribution in [0.15, 0.2) is 30.5 Å². The van der Waals surface area contributed by atoms with Crippen molar-refractivity contribution in [3.8, 4) is 0 Å². The Morgan fingerprint density at radius 2 is 1.93 bits per heavy atom. The number of carbonyl (C=O) groups excluding carboxylic acids is 1. The van der Waals surface area contributed by atoms with Crippen molar-refractivity contribution in [3.63, 3.8) is 0 Å². The highest BCUT2D eigenvalue weighted by atomic mass is 19.4. The van der Waals surface area contributed by atoms with Crippen LogP contribution in [-0.4, -0.2) is 17.2 Å². The number of nitrogens with two attached hydrogens (primary N) is 1. The van der Waals surface area contributed by atoms with E-state index in [2.05, 4.69) is 15.6 Å². The van der Waals surface area contributed by atoms with Gasteiger partial charge in [0.05, 0.1) is 17.1 Å². The Morgan fingerprint density at radius 1 is 1.22 bits per heavy atom. The van der Waals surface area contributed by atoms with Crippen molar-refractivity contribution >= 4 is 23.2 Å². The highest BCUT2D eigenvalue weighted by molar-refractivity contribution is 5.90. The number of aromatic nitrogens is 1. The Bertz CT molecular complexity index is 836. The summed E-state index contributed by atoms with van der Waals surface area (Å²) in [5, 5.41) is 5.10. The van der Waals surface area contributed by atoms with Crippen molar-refractivity contribution in [2.45, 2.75) is 31.7 Å². The molecule has 0 atom stereocenters. The van der Waals surface area contributed by atoms with Crippen LogP contribution in [0.3, 0.4) is 0 Å². The molecule has 144 valence electrons. The first-order chi connectivity index (χ1) is 12.7. The van der Waals surface area contributed by atoms with Crippen molar-refractivity contribution in [2.24, 2.45) is 0 Å². The third kappa shape index (κ3) is 4.78. The van der Waals surface area contributed by atoms with E-state index in [4.69, 9.17) is 10.5 Å². The van der Waals surface area contributed by atoms with Crippen LogP contribution in [0.4, 0.5) is 39.4 Å². The van der Waals surface area contributed by atoms with Crippen molar-refractivity contribution in [2.75, 3.05) is 16.4 Å². The topological polar surface area (TPSA) is 89.3 Å². The first kappa shape index (κ1) is 18.7. The number of benzene rings is 1. The summed E-state index contributed by atoms with van der Waals surface area (Å²) in [5.74, 6) is -0.793. The summed E-state index contributed by atoms with van der Waals surface area (Å²) >= 11 is 0. The van der Waals surface area contributed by atoms with E-state index < -0.39 is 23.8 Å². The lowest BCUT2D eigenvalue weighted by atomic mass is 10.2. The quantitative estimate of drug-likeness (QED) is 0.532. The minimum Gasteiger partial charge on any atom is -0.446 e. The molecule has 10 heteroatoms. The molecule has 4 N–H and O–H groups in total. The lowest BCUT2D eigenvalue weighted by Crippen LogP contribution is -2.16. The van der Waals surface area contributed by atoms with Crippen LogP contribution in [0, 0.1) is 5.82 Å². The molecule has 0 unspecified atom stereocenters. The van der Waals surface area contributed by atoms with Crippen LogP contribution >= 0.6 is 0 Å². The molecule has 1 heterocycles. The number of rotatable bonds is 5. The number of nitrogens with one attached hydrogen (secondary N) is 2. The summed E-state index contributed by atoms with van der Waals surface area (Å²) in [6.07, 6.45) is -2.66. The van der Waals surface area contributed by atoms with Crippen LogP contribution in [0.1, 0.15) is 24.1 Å². The largest absolute Gasteiger partial charge is 0.446 e. The van der Waals surface area contributed by atoms with E-state index in [9.17, 15) is 22.4 Å². The van der Waals surface area contributed by atoms with E-state index in [0.29, 0.717) is 5.56 Å². The number of carbonyl (C=O) groups is 1. The zero-order valence-corrected chi connectivity index (χ0v) is 13.9. The molecule has 1 saturated carbocycles. The van der Waals surface area contributed by atoms with E-state index in [1.807, 2.05) is 0 Å². The third-order valence-corrected chi connectivity index (χ3v) is 3.81. The third-order valence-electron chi connectivity index (χ3n) is 3.81. The number of anilines is 3. The van der Waals surface area contributed by atoms with Gasteiger partial charge in [0.25, 0.3) is 0 Å². The molecule has 1 aromatic carbocycles. The minimum atomic E-state index is -4.52. The molecule has 6 nitrogen and oxygen atoms in total. The fraction of sp³-hybridized carbons (Fsp3) is 0.294. The zero-order chi connectivity index (χ0) is 19.6. The van der Waals surface area contributed by atoms with Gasteiger partial charge in [-0.25, -0.2) is 9.18 Å². The Labute approximate surface area is 151 Å². The number of ether oxygens (including phenoxy) is 1. The monoisotopic (exact) mass is 384 g/mol. The molecule has 0 aliphatic heterocycles. The molecule has 27 heavy (non-hydrogen) atoms. The van der Waals surface area contributed by atoms with Gasteiger partial charge in [-0.2, -0.15) is 13.2 Å². The number of alkyl halides is 3. The fourth-order valence-corrected chi connectivity index (χ4v) is 2.21. The second kappa shape index (κ2) is 7.29. The number of amides is 1. The molecular weight excluding hydrogens is 368 g/mol. The molecule has 1 fully saturated rings. The van der Waals surface area contributed by atoms with Gasteiger partial charge in [0, 0.05) is 12.7 Å². The van der Waals surface area contributed by atoms with Gasteiger partial charge < -0.3 is 15.8 Å². The molecule has 0 spiro atoms. The summed E-state index contributed by atoms with van der Waals surface area (Å²) in [6, 6.07) is 4.85. The van der Waals surface area contributed by atoms with Crippen LogP contribution in [0.25, 0.3) is 0 Å². The molecule has 3 rings (SSSR count). The average Bonchev–Trinajstić information content (AvgIpc) is 3.42. The van der Waals surface area contributed by atoms with Crippen molar-refractivity contribution in [1.29, 1.82) is 0 Å². The number of nitrogens with zero attached hydrogens (tertiary/aromatic N) is 1. The predicted molar refractivity (Wildman–Crippen MR) is 90.5 cm³/mol. The van der Waals surface area contributed by atoms with E-state index in [-0.39, 0.29) is 29.7 Å². The molecule has 0 radical (unpaired) electrons. The SMILES string of the molecule is Nc1c(NC(=O)OC2CC2)ccc(NCc2ccc(C(F)(F)F)nc2)c1F. The maximum Gasteiger partial charge on any atom is 0.433 e. The molecule has 1 aromatic heterocycles. The molecule has 1 aliphatic carbocycles. The maximum absolute atomic E-state index is 14.4. The highest BCUT2D eigenvalue weighted by Gasteiger charge is 2.32. The van der Waals surface area contributed by atoms with Crippen molar-refractivity contribution in [3.05, 3.63) is 47.5 Å². The van der Waals surface area contributed by atoms with Crippen LogP contribution < -0.4 is 16.4 Å². The van der Waals surface area contributed by atoms with Crippen molar-refractivity contribution < 1.29 is 27.1 Å². The van der Waals surface area contributed by atoms with E-state index in [1.54, 1.807) is 0 Å². The second-order valence-electron chi connectivity index (χ2n) is 6.02. The number of halogens is 4. The standard InChI is InChI=1S/C17H16F4N4O2/c18-14-11(23-7-9-1-6-13(24-8-9)17(19,20)21)4-5-12(15(14)22)25-16(26)27-10-2-3-10/h1,4-6,8,10,23H,2-3,7,22H2,(H,25,26). The Kier molecular flexibility index (Phi) is 5.06. The summed E-state index contributed by atoms with van der Waals surface area (Å²) in [5.41, 5.74) is 4.94. The normalized spacial score (nSPS) is 13.9. The van der Waals surface area contributed by atoms with E-state index in [1.165, 1.54) is 18.2 Å². The average molecular weight is 384 g/mol. The predicted octanol–water partition coefficient (Wildman–Crippen LogP) is 4.14. The van der Waals surface area contributed by atoms with Gasteiger partial charge >= 0.3 is 12.3 Å². The Balaban J connectivity index is 1.63. The van der Waals surface area contributed by atoms with Gasteiger partial charge in [-0.3, -0.25) is 10.3 Å². The summed E-state index contributed by atoms with van der Waals surface area (Å²) < 4.78 is 56.8. The van der Waals surface area contributed by atoms with Gasteiger partial charge in [0.2, 0.25) is 0 Å². The summed E-state index contributed by atoms with van der Waals surface area (Å²) in [7, 11) is 0. The summed E-state index contributed by atoms with van der Waals surface area (Å²) in [4.78, 5) is 14.9. The minimum absolute atomic E-state index is 0.0357. The fourth-order valence-electron chi connectivity index (χ4n) is 2.21. The van der Waals surface area contributed by atoms with Gasteiger partial charge in [-0.15, -0.1) is 0 Å². The van der Waals surface area contributed by atoms with Gasteiger partial charge in [-0.05, 0) is 36.6 Å². The first-order valence-corrected chi connectivity index (χ1v) is 8.05. The van der Waals surface area contributed by atoms with E-state index in [0.717, 1.165) is 25.1 Å². The highest BCUT2D eigenvalue weighted by Crippen LogP contribution is 2.30. The summed E-state index contributed by atoms with van der Waals surface area (Å²) in [6.45, 7) is 0.0397. The van der Waals surface area contributed by atoms with E-state index >= 15 is 0 Å². The Hall–Kier alpha value is -3.04. The number of hydrogen-bond acceptors (Lipinski definition) is 5. The molecule has 1 aliphatic rings. The molecule has 0 bridgehead atoms. The van der Waals surface area contributed by atoms with Gasteiger partial charge in [-0.1, -0.05) is 6.07 Å². The second-order valence-corrected chi connectivity index (χ2v) is 6.02. The van der Waals surface area contributed by atoms with Crippen molar-refractivity contribution in [1.82, 2.24) is 4.98 Å². The zero-order valence-electron chi connectivity index (χ0n) is 13.9. The number of pyridine rings is 1. The molecule has 1 amide bonds. The van der Waals surface area contributed by atoms with Crippen LogP contribution in [0.2, 0.25) is 0 Å².